The third-order valence-corrected chi connectivity index (χ3v) is 2.21. The van der Waals surface area contributed by atoms with E-state index in [1.807, 2.05) is 0 Å². The van der Waals surface area contributed by atoms with Crippen LogP contribution in [0.1, 0.15) is 6.42 Å². The zero-order valence-corrected chi connectivity index (χ0v) is 4.22. The van der Waals surface area contributed by atoms with E-state index < -0.39 is 0 Å². The van der Waals surface area contributed by atoms with Crippen molar-refractivity contribution in [2.45, 2.75) is 18.5 Å². The van der Waals surface area contributed by atoms with Gasteiger partial charge < -0.3 is 11.1 Å². The first kappa shape index (κ1) is 3.87. The van der Waals surface area contributed by atoms with Crippen LogP contribution in [0.2, 0.25) is 0 Å². The molecule has 7 heavy (non-hydrogen) atoms. The summed E-state index contributed by atoms with van der Waals surface area (Å²) in [6.45, 7) is 1.17. The molecular formula is C5H10N2. The minimum atomic E-state index is 0.500. The zero-order chi connectivity index (χ0) is 4.85. The van der Waals surface area contributed by atoms with Crippen molar-refractivity contribution in [2.24, 2.45) is 11.7 Å². The summed E-state index contributed by atoms with van der Waals surface area (Å²) in [5.41, 5.74) is 5.67. The van der Waals surface area contributed by atoms with Crippen molar-refractivity contribution in [1.29, 1.82) is 0 Å². The molecule has 0 aromatic carbocycles. The number of rotatable bonds is 0. The van der Waals surface area contributed by atoms with Crippen molar-refractivity contribution < 1.29 is 0 Å². The summed E-state index contributed by atoms with van der Waals surface area (Å²) in [5.74, 6) is 0.824. The van der Waals surface area contributed by atoms with Crippen molar-refractivity contribution in [3.8, 4) is 0 Å². The molecule has 2 bridgehead atoms. The fourth-order valence-electron chi connectivity index (χ4n) is 1.51. The first-order valence-electron chi connectivity index (χ1n) is 2.87. The SMILES string of the molecule is N[C@H]1[C@H]2CN[C@@H]1C2. The van der Waals surface area contributed by atoms with Crippen molar-refractivity contribution in [2.75, 3.05) is 6.54 Å². The first-order valence-corrected chi connectivity index (χ1v) is 2.87. The molecule has 0 aromatic rings. The van der Waals surface area contributed by atoms with Crippen molar-refractivity contribution in [3.05, 3.63) is 0 Å². The van der Waals surface area contributed by atoms with Crippen molar-refractivity contribution in [3.63, 3.8) is 0 Å². The molecule has 3 aliphatic rings. The highest BCUT2D eigenvalue weighted by Crippen LogP contribution is 2.31. The number of hydrogen-bond donors (Lipinski definition) is 2. The molecule has 0 unspecified atom stereocenters. The van der Waals surface area contributed by atoms with E-state index >= 15 is 0 Å². The van der Waals surface area contributed by atoms with Crippen molar-refractivity contribution >= 4 is 0 Å². The van der Waals surface area contributed by atoms with Crippen LogP contribution in [-0.2, 0) is 0 Å². The topological polar surface area (TPSA) is 38.0 Å². The molecule has 3 atom stereocenters. The molecule has 0 radical (unpaired) electrons. The molecule has 1 aliphatic carbocycles. The van der Waals surface area contributed by atoms with Gasteiger partial charge in [0.15, 0.2) is 0 Å². The summed E-state index contributed by atoms with van der Waals surface area (Å²) >= 11 is 0. The summed E-state index contributed by atoms with van der Waals surface area (Å²) < 4.78 is 0. The molecule has 1 saturated carbocycles. The molecule has 40 valence electrons. The summed E-state index contributed by atoms with van der Waals surface area (Å²) in [7, 11) is 0. The maximum Gasteiger partial charge on any atom is 0.0236 e. The average molecular weight is 98.1 g/mol. The predicted octanol–water partition coefficient (Wildman–Crippen LogP) is -0.695. The van der Waals surface area contributed by atoms with Gasteiger partial charge in [0.05, 0.1) is 0 Å². The lowest BCUT2D eigenvalue weighted by Gasteiger charge is -2.30. The van der Waals surface area contributed by atoms with Gasteiger partial charge in [0.2, 0.25) is 0 Å². The lowest BCUT2D eigenvalue weighted by molar-refractivity contribution is 0.304. The van der Waals surface area contributed by atoms with Crippen LogP contribution >= 0.6 is 0 Å². The van der Waals surface area contributed by atoms with Gasteiger partial charge in [-0.2, -0.15) is 0 Å². The van der Waals surface area contributed by atoms with E-state index in [9.17, 15) is 0 Å². The van der Waals surface area contributed by atoms with Crippen LogP contribution in [0.3, 0.4) is 0 Å². The van der Waals surface area contributed by atoms with Gasteiger partial charge in [-0.05, 0) is 18.9 Å². The second-order valence-electron chi connectivity index (χ2n) is 2.59. The Morgan fingerprint density at radius 2 is 2.43 bits per heavy atom. The maximum atomic E-state index is 5.67. The maximum absolute atomic E-state index is 5.67. The number of fused-ring (bicyclic) bond motifs is 1. The smallest absolute Gasteiger partial charge is 0.0236 e. The summed E-state index contributed by atoms with van der Waals surface area (Å²) in [4.78, 5) is 0. The van der Waals surface area contributed by atoms with Gasteiger partial charge >= 0.3 is 0 Å². The third kappa shape index (κ3) is 0.318. The van der Waals surface area contributed by atoms with Gasteiger partial charge in [0, 0.05) is 12.1 Å². The standard InChI is InChI=1S/C5H10N2/c6-5-3-1-4(5)7-2-3/h3-5,7H,1-2,6H2/t3-,4-,5+/m1/s1. The van der Waals surface area contributed by atoms with Crippen LogP contribution in [0.5, 0.6) is 0 Å². The Morgan fingerprint density at radius 1 is 1.57 bits per heavy atom. The van der Waals surface area contributed by atoms with Crippen molar-refractivity contribution in [1.82, 2.24) is 5.32 Å². The summed E-state index contributed by atoms with van der Waals surface area (Å²) in [6.07, 6.45) is 1.33. The molecule has 0 aromatic heterocycles. The number of hydrogen-bond acceptors (Lipinski definition) is 2. The van der Waals surface area contributed by atoms with Gasteiger partial charge in [0.1, 0.15) is 0 Å². The second kappa shape index (κ2) is 1.01. The van der Waals surface area contributed by atoms with Gasteiger partial charge in [-0.3, -0.25) is 0 Å². The molecule has 2 nitrogen and oxygen atoms in total. The first-order chi connectivity index (χ1) is 3.38. The lowest BCUT2D eigenvalue weighted by atomic mass is 9.81. The van der Waals surface area contributed by atoms with Gasteiger partial charge in [-0.1, -0.05) is 0 Å². The van der Waals surface area contributed by atoms with Crippen LogP contribution in [0.15, 0.2) is 0 Å². The van der Waals surface area contributed by atoms with Gasteiger partial charge in [0.25, 0.3) is 0 Å². The fourth-order valence-corrected chi connectivity index (χ4v) is 1.51. The Hall–Kier alpha value is -0.0800. The van der Waals surface area contributed by atoms with E-state index in [4.69, 9.17) is 5.73 Å². The zero-order valence-electron chi connectivity index (χ0n) is 4.22. The van der Waals surface area contributed by atoms with E-state index in [0.29, 0.717) is 12.1 Å². The minimum Gasteiger partial charge on any atom is -0.326 e. The fraction of sp³-hybridized carbons (Fsp3) is 1.00. The Labute approximate surface area is 43.1 Å². The van der Waals surface area contributed by atoms with Crippen LogP contribution < -0.4 is 11.1 Å². The van der Waals surface area contributed by atoms with Gasteiger partial charge in [-0.25, -0.2) is 0 Å². The molecule has 3 fully saturated rings. The Kier molecular flexibility index (Phi) is 0.557. The monoisotopic (exact) mass is 98.1 g/mol. The van der Waals surface area contributed by atoms with E-state index in [0.717, 1.165) is 5.92 Å². The van der Waals surface area contributed by atoms with Crippen LogP contribution in [0.25, 0.3) is 0 Å². The summed E-state index contributed by atoms with van der Waals surface area (Å²) in [6, 6.07) is 1.19. The molecular weight excluding hydrogens is 88.1 g/mol. The Balaban J connectivity index is 2.14. The van der Waals surface area contributed by atoms with E-state index in [-0.39, 0.29) is 0 Å². The van der Waals surface area contributed by atoms with E-state index in [1.165, 1.54) is 13.0 Å². The van der Waals surface area contributed by atoms with Crippen LogP contribution in [-0.4, -0.2) is 18.6 Å². The van der Waals surface area contributed by atoms with Crippen LogP contribution in [0.4, 0.5) is 0 Å². The third-order valence-electron chi connectivity index (χ3n) is 2.21. The highest BCUT2D eigenvalue weighted by atomic mass is 15.1. The lowest BCUT2D eigenvalue weighted by Crippen LogP contribution is -2.48. The normalized spacial score (nSPS) is 57.0. The average Bonchev–Trinajstić information content (AvgIpc) is 2.18. The van der Waals surface area contributed by atoms with Crippen LogP contribution in [0, 0.1) is 5.92 Å². The molecule has 3 rings (SSSR count). The molecule has 2 heterocycles. The molecule has 2 saturated heterocycles. The quantitative estimate of drug-likeness (QED) is 0.420. The molecule has 3 N–H and O–H groups in total. The largest absolute Gasteiger partial charge is 0.326 e. The Morgan fingerprint density at radius 3 is 2.57 bits per heavy atom. The number of nitrogens with two attached hydrogens (primary N) is 1. The minimum absolute atomic E-state index is 0.500. The molecule has 0 spiro atoms. The molecule has 2 aliphatic heterocycles. The Bertz CT molecular complexity index is 78.1. The molecule has 2 heteroatoms. The highest BCUT2D eigenvalue weighted by Gasteiger charge is 2.43. The predicted molar refractivity (Wildman–Crippen MR) is 27.9 cm³/mol. The second-order valence-corrected chi connectivity index (χ2v) is 2.59. The molecule has 0 amide bonds. The highest BCUT2D eigenvalue weighted by molar-refractivity contribution is 5.04. The number of nitrogens with one attached hydrogen (secondary N) is 1. The van der Waals surface area contributed by atoms with Gasteiger partial charge in [-0.15, -0.1) is 0 Å². The van der Waals surface area contributed by atoms with E-state index in [2.05, 4.69) is 5.32 Å². The summed E-state index contributed by atoms with van der Waals surface area (Å²) in [5, 5.41) is 3.32. The van der Waals surface area contributed by atoms with E-state index in [1.54, 1.807) is 0 Å².